The van der Waals surface area contributed by atoms with Gasteiger partial charge in [-0.15, -0.1) is 10.2 Å². The van der Waals surface area contributed by atoms with Crippen LogP contribution in [0.25, 0.3) is 0 Å². The van der Waals surface area contributed by atoms with Crippen LogP contribution in [0.2, 0.25) is 0 Å². The molecule has 0 aliphatic rings. The van der Waals surface area contributed by atoms with Gasteiger partial charge in [0.1, 0.15) is 5.82 Å². The number of phenolic OH excluding ortho intramolecular Hbond substituents is 2. The summed E-state index contributed by atoms with van der Waals surface area (Å²) >= 11 is 0. The molecule has 2 aromatic rings. The zero-order valence-electron chi connectivity index (χ0n) is 10.6. The molecule has 0 bridgehead atoms. The normalized spacial score (nSPS) is 10.6. The maximum absolute atomic E-state index is 9.75. The molecule has 0 fully saturated rings. The Morgan fingerprint density at radius 1 is 1.28 bits per heavy atom. The van der Waals surface area contributed by atoms with Crippen molar-refractivity contribution >= 4 is 5.95 Å². The van der Waals surface area contributed by atoms with Crippen molar-refractivity contribution in [1.82, 2.24) is 14.8 Å². The molecule has 1 aromatic heterocycles. The van der Waals surface area contributed by atoms with Crippen molar-refractivity contribution < 1.29 is 10.2 Å². The molecule has 1 heterocycles. The van der Waals surface area contributed by atoms with Crippen molar-refractivity contribution in [1.29, 1.82) is 0 Å². The van der Waals surface area contributed by atoms with Crippen LogP contribution >= 0.6 is 0 Å². The van der Waals surface area contributed by atoms with E-state index < -0.39 is 0 Å². The molecule has 1 aromatic carbocycles. The Hall–Kier alpha value is -2.24. The molecular formula is C12H16N4O2. The minimum Gasteiger partial charge on any atom is -0.504 e. The number of aromatic nitrogens is 3. The predicted molar refractivity (Wildman–Crippen MR) is 67.6 cm³/mol. The van der Waals surface area contributed by atoms with E-state index >= 15 is 0 Å². The molecule has 0 aliphatic carbocycles. The second-order valence-corrected chi connectivity index (χ2v) is 4.25. The zero-order chi connectivity index (χ0) is 13.3. The van der Waals surface area contributed by atoms with Gasteiger partial charge < -0.3 is 19.7 Å². The number of aryl methyl sites for hydroxylation is 1. The molecular weight excluding hydrogens is 232 g/mol. The third-order valence-electron chi connectivity index (χ3n) is 2.92. The van der Waals surface area contributed by atoms with Crippen molar-refractivity contribution in [2.75, 3.05) is 11.9 Å². The van der Waals surface area contributed by atoms with E-state index in [1.165, 1.54) is 6.07 Å². The SMILES string of the molecule is Cc1nnc(N(C)Cc2cccc(O)c2O)n1C. The van der Waals surface area contributed by atoms with Gasteiger partial charge in [-0.1, -0.05) is 12.1 Å². The number of nitrogens with zero attached hydrogens (tertiary/aromatic N) is 4. The van der Waals surface area contributed by atoms with Gasteiger partial charge in [-0.2, -0.15) is 0 Å². The van der Waals surface area contributed by atoms with Crippen molar-refractivity contribution in [3.8, 4) is 11.5 Å². The molecule has 0 saturated carbocycles. The van der Waals surface area contributed by atoms with Crippen molar-refractivity contribution in [3.05, 3.63) is 29.6 Å². The molecule has 6 heteroatoms. The van der Waals surface area contributed by atoms with Gasteiger partial charge in [0, 0.05) is 26.2 Å². The fourth-order valence-corrected chi connectivity index (χ4v) is 1.76. The van der Waals surface area contributed by atoms with Crippen LogP contribution in [0.15, 0.2) is 18.2 Å². The summed E-state index contributed by atoms with van der Waals surface area (Å²) in [6.45, 7) is 2.31. The van der Waals surface area contributed by atoms with Crippen molar-refractivity contribution in [2.24, 2.45) is 7.05 Å². The summed E-state index contributed by atoms with van der Waals surface area (Å²) in [5.41, 5.74) is 0.637. The first-order chi connectivity index (χ1) is 8.50. The third kappa shape index (κ3) is 2.09. The van der Waals surface area contributed by atoms with Gasteiger partial charge in [0.05, 0.1) is 0 Å². The van der Waals surface area contributed by atoms with E-state index in [0.717, 1.165) is 5.82 Å². The Labute approximate surface area is 105 Å². The summed E-state index contributed by atoms with van der Waals surface area (Å²) in [6, 6.07) is 4.90. The Morgan fingerprint density at radius 3 is 2.61 bits per heavy atom. The average Bonchev–Trinajstić information content (AvgIpc) is 2.66. The molecule has 0 aliphatic heterocycles. The molecule has 0 radical (unpaired) electrons. The summed E-state index contributed by atoms with van der Waals surface area (Å²) in [4.78, 5) is 1.86. The first-order valence-corrected chi connectivity index (χ1v) is 5.57. The van der Waals surface area contributed by atoms with Gasteiger partial charge in [0.2, 0.25) is 5.95 Å². The van der Waals surface area contributed by atoms with Crippen LogP contribution in [-0.2, 0) is 13.6 Å². The Morgan fingerprint density at radius 2 is 2.00 bits per heavy atom. The van der Waals surface area contributed by atoms with Crippen LogP contribution in [-0.4, -0.2) is 32.0 Å². The van der Waals surface area contributed by atoms with E-state index in [1.54, 1.807) is 12.1 Å². The summed E-state index contributed by atoms with van der Waals surface area (Å²) in [7, 11) is 3.73. The first kappa shape index (κ1) is 12.2. The number of hydrogen-bond acceptors (Lipinski definition) is 5. The van der Waals surface area contributed by atoms with Gasteiger partial charge in [-0.05, 0) is 13.0 Å². The molecule has 0 saturated heterocycles. The number of benzene rings is 1. The summed E-state index contributed by atoms with van der Waals surface area (Å²) in [5.74, 6) is 1.31. The van der Waals surface area contributed by atoms with Crippen LogP contribution < -0.4 is 4.90 Å². The minimum absolute atomic E-state index is 0.0942. The quantitative estimate of drug-likeness (QED) is 0.798. The van der Waals surface area contributed by atoms with Crippen LogP contribution in [0.3, 0.4) is 0 Å². The lowest BCUT2D eigenvalue weighted by Gasteiger charge is -2.18. The van der Waals surface area contributed by atoms with Crippen molar-refractivity contribution in [2.45, 2.75) is 13.5 Å². The lowest BCUT2D eigenvalue weighted by molar-refractivity contribution is 0.399. The van der Waals surface area contributed by atoms with Gasteiger partial charge in [0.25, 0.3) is 0 Å². The first-order valence-electron chi connectivity index (χ1n) is 5.57. The molecule has 2 N–H and O–H groups in total. The summed E-state index contributed by atoms with van der Waals surface area (Å²) in [6.07, 6.45) is 0. The van der Waals surface area contributed by atoms with Crippen LogP contribution in [0, 0.1) is 6.92 Å². The maximum atomic E-state index is 9.75. The minimum atomic E-state index is -0.116. The number of anilines is 1. The number of phenols is 2. The van der Waals surface area contributed by atoms with E-state index in [9.17, 15) is 10.2 Å². The molecule has 18 heavy (non-hydrogen) atoms. The lowest BCUT2D eigenvalue weighted by Crippen LogP contribution is -2.20. The van der Waals surface area contributed by atoms with Gasteiger partial charge in [-0.25, -0.2) is 0 Å². The largest absolute Gasteiger partial charge is 0.504 e. The fourth-order valence-electron chi connectivity index (χ4n) is 1.76. The molecule has 96 valence electrons. The molecule has 0 atom stereocenters. The van der Waals surface area contributed by atoms with Crippen LogP contribution in [0.1, 0.15) is 11.4 Å². The predicted octanol–water partition coefficient (Wildman–Crippen LogP) is 1.17. The van der Waals surface area contributed by atoms with E-state index in [1.807, 2.05) is 30.5 Å². The fraction of sp³-hybridized carbons (Fsp3) is 0.333. The van der Waals surface area contributed by atoms with Gasteiger partial charge >= 0.3 is 0 Å². The topological polar surface area (TPSA) is 74.4 Å². The van der Waals surface area contributed by atoms with Crippen LogP contribution in [0.5, 0.6) is 11.5 Å². The number of rotatable bonds is 3. The van der Waals surface area contributed by atoms with Gasteiger partial charge in [0.15, 0.2) is 11.5 Å². The highest BCUT2D eigenvalue weighted by atomic mass is 16.3. The van der Waals surface area contributed by atoms with E-state index in [2.05, 4.69) is 10.2 Å². The van der Waals surface area contributed by atoms with Gasteiger partial charge in [-0.3, -0.25) is 0 Å². The number of aromatic hydroxyl groups is 2. The molecule has 0 amide bonds. The second-order valence-electron chi connectivity index (χ2n) is 4.25. The highest BCUT2D eigenvalue weighted by Crippen LogP contribution is 2.29. The maximum Gasteiger partial charge on any atom is 0.227 e. The third-order valence-corrected chi connectivity index (χ3v) is 2.92. The second kappa shape index (κ2) is 4.56. The zero-order valence-corrected chi connectivity index (χ0v) is 10.6. The molecule has 0 spiro atoms. The number of hydrogen-bond donors (Lipinski definition) is 2. The van der Waals surface area contributed by atoms with Crippen LogP contribution in [0.4, 0.5) is 5.95 Å². The van der Waals surface area contributed by atoms with E-state index in [0.29, 0.717) is 18.1 Å². The Balaban J connectivity index is 2.24. The molecule has 6 nitrogen and oxygen atoms in total. The smallest absolute Gasteiger partial charge is 0.227 e. The summed E-state index contributed by atoms with van der Waals surface area (Å²) in [5, 5.41) is 27.2. The Bertz CT molecular complexity index is 565. The molecule has 2 rings (SSSR count). The van der Waals surface area contributed by atoms with E-state index in [-0.39, 0.29) is 11.5 Å². The van der Waals surface area contributed by atoms with E-state index in [4.69, 9.17) is 0 Å². The highest BCUT2D eigenvalue weighted by molar-refractivity contribution is 5.46. The highest BCUT2D eigenvalue weighted by Gasteiger charge is 2.13. The standard InChI is InChI=1S/C12H16N4O2/c1-8-13-14-12(16(8)3)15(2)7-9-5-4-6-10(17)11(9)18/h4-6,17-18H,7H2,1-3H3. The Kier molecular flexibility index (Phi) is 3.10. The number of para-hydroxylation sites is 1. The average molecular weight is 248 g/mol. The summed E-state index contributed by atoms with van der Waals surface area (Å²) < 4.78 is 1.86. The lowest BCUT2D eigenvalue weighted by atomic mass is 10.2. The monoisotopic (exact) mass is 248 g/mol. The van der Waals surface area contributed by atoms with Crippen molar-refractivity contribution in [3.63, 3.8) is 0 Å². The molecule has 0 unspecified atom stereocenters.